The molecular weight excluding hydrogens is 334 g/mol. The molecule has 5 heteroatoms. The summed E-state index contributed by atoms with van der Waals surface area (Å²) in [4.78, 5) is 12.3. The number of hydrogen-bond donors (Lipinski definition) is 1. The Morgan fingerprint density at radius 3 is 2.71 bits per heavy atom. The number of nitrogens with one attached hydrogen (secondary N) is 1. The van der Waals surface area contributed by atoms with Crippen molar-refractivity contribution in [2.45, 2.75) is 6.92 Å². The van der Waals surface area contributed by atoms with Gasteiger partial charge in [0.25, 0.3) is 5.91 Å². The van der Waals surface area contributed by atoms with E-state index in [-0.39, 0.29) is 5.91 Å². The maximum absolute atomic E-state index is 12.3. The molecular formula is C16H14BrNO3. The highest BCUT2D eigenvalue weighted by atomic mass is 79.9. The SMILES string of the molecule is Cc1cccc(C(=O)Nc2ccc3c(c2)OCCO3)c1Br. The normalized spacial score (nSPS) is 12.9. The highest BCUT2D eigenvalue weighted by Gasteiger charge is 2.15. The van der Waals surface area contributed by atoms with E-state index in [0.717, 1.165) is 10.0 Å². The largest absolute Gasteiger partial charge is 0.486 e. The highest BCUT2D eigenvalue weighted by molar-refractivity contribution is 9.10. The van der Waals surface area contributed by atoms with Crippen molar-refractivity contribution in [3.05, 3.63) is 52.0 Å². The first-order valence-electron chi connectivity index (χ1n) is 6.61. The maximum Gasteiger partial charge on any atom is 0.256 e. The van der Waals surface area contributed by atoms with E-state index < -0.39 is 0 Å². The van der Waals surface area contributed by atoms with Gasteiger partial charge in [0.1, 0.15) is 13.2 Å². The first-order valence-corrected chi connectivity index (χ1v) is 7.40. The van der Waals surface area contributed by atoms with E-state index in [1.165, 1.54) is 0 Å². The van der Waals surface area contributed by atoms with Crippen LogP contribution in [0.15, 0.2) is 40.9 Å². The molecule has 1 N–H and O–H groups in total. The van der Waals surface area contributed by atoms with Crippen molar-refractivity contribution >= 4 is 27.5 Å². The quantitative estimate of drug-likeness (QED) is 0.899. The second kappa shape index (κ2) is 5.77. The first kappa shape index (κ1) is 13.9. The second-order valence-electron chi connectivity index (χ2n) is 4.75. The third-order valence-electron chi connectivity index (χ3n) is 3.24. The van der Waals surface area contributed by atoms with Crippen LogP contribution in [-0.2, 0) is 0 Å². The van der Waals surface area contributed by atoms with Crippen molar-refractivity contribution in [2.75, 3.05) is 18.5 Å². The minimum Gasteiger partial charge on any atom is -0.486 e. The molecule has 0 atom stereocenters. The van der Waals surface area contributed by atoms with Crippen LogP contribution in [0.2, 0.25) is 0 Å². The molecule has 0 bridgehead atoms. The Bertz CT molecular complexity index is 700. The molecule has 1 heterocycles. The number of benzene rings is 2. The van der Waals surface area contributed by atoms with Crippen molar-refractivity contribution in [1.29, 1.82) is 0 Å². The van der Waals surface area contributed by atoms with Gasteiger partial charge in [-0.1, -0.05) is 12.1 Å². The third-order valence-corrected chi connectivity index (χ3v) is 4.29. The van der Waals surface area contributed by atoms with Gasteiger partial charge in [0, 0.05) is 16.2 Å². The van der Waals surface area contributed by atoms with E-state index in [1.807, 2.05) is 19.1 Å². The lowest BCUT2D eigenvalue weighted by Gasteiger charge is -2.19. The molecule has 2 aromatic carbocycles. The lowest BCUT2D eigenvalue weighted by atomic mass is 10.1. The summed E-state index contributed by atoms with van der Waals surface area (Å²) in [6.45, 7) is 3.02. The number of rotatable bonds is 2. The fourth-order valence-electron chi connectivity index (χ4n) is 2.14. The number of hydrogen-bond acceptors (Lipinski definition) is 3. The van der Waals surface area contributed by atoms with Crippen LogP contribution < -0.4 is 14.8 Å². The Morgan fingerprint density at radius 2 is 1.90 bits per heavy atom. The van der Waals surface area contributed by atoms with E-state index in [0.29, 0.717) is 36.0 Å². The average Bonchev–Trinajstić information content (AvgIpc) is 2.50. The van der Waals surface area contributed by atoms with Crippen molar-refractivity contribution in [2.24, 2.45) is 0 Å². The molecule has 1 aliphatic rings. The van der Waals surface area contributed by atoms with Crippen molar-refractivity contribution in [1.82, 2.24) is 0 Å². The van der Waals surface area contributed by atoms with Gasteiger partial charge in [0.2, 0.25) is 0 Å². The smallest absolute Gasteiger partial charge is 0.256 e. The van der Waals surface area contributed by atoms with E-state index in [4.69, 9.17) is 9.47 Å². The lowest BCUT2D eigenvalue weighted by Crippen LogP contribution is -2.16. The Morgan fingerprint density at radius 1 is 1.14 bits per heavy atom. The fourth-order valence-corrected chi connectivity index (χ4v) is 2.59. The van der Waals surface area contributed by atoms with Gasteiger partial charge in [-0.3, -0.25) is 4.79 Å². The lowest BCUT2D eigenvalue weighted by molar-refractivity contribution is 0.102. The molecule has 3 rings (SSSR count). The van der Waals surface area contributed by atoms with Crippen LogP contribution in [0, 0.1) is 6.92 Å². The van der Waals surface area contributed by atoms with Gasteiger partial charge in [-0.15, -0.1) is 0 Å². The van der Waals surface area contributed by atoms with Crippen LogP contribution in [0.4, 0.5) is 5.69 Å². The minimum absolute atomic E-state index is 0.165. The molecule has 0 unspecified atom stereocenters. The molecule has 108 valence electrons. The van der Waals surface area contributed by atoms with Gasteiger partial charge in [0.05, 0.1) is 5.56 Å². The Kier molecular flexibility index (Phi) is 3.84. The number of anilines is 1. The predicted molar refractivity (Wildman–Crippen MR) is 84.3 cm³/mol. The molecule has 21 heavy (non-hydrogen) atoms. The van der Waals surface area contributed by atoms with Crippen LogP contribution in [0.5, 0.6) is 11.5 Å². The number of carbonyl (C=O) groups excluding carboxylic acids is 1. The monoisotopic (exact) mass is 347 g/mol. The van der Waals surface area contributed by atoms with Crippen molar-refractivity contribution in [3.63, 3.8) is 0 Å². The molecule has 0 saturated carbocycles. The van der Waals surface area contributed by atoms with Gasteiger partial charge in [-0.05, 0) is 46.6 Å². The zero-order valence-corrected chi connectivity index (χ0v) is 13.1. The predicted octanol–water partition coefficient (Wildman–Crippen LogP) is 3.78. The molecule has 0 saturated heterocycles. The summed E-state index contributed by atoms with van der Waals surface area (Å²) < 4.78 is 11.8. The molecule has 4 nitrogen and oxygen atoms in total. The molecule has 0 fully saturated rings. The highest BCUT2D eigenvalue weighted by Crippen LogP contribution is 2.33. The van der Waals surface area contributed by atoms with E-state index in [2.05, 4.69) is 21.2 Å². The molecule has 0 aromatic heterocycles. The Labute approximate surface area is 131 Å². The van der Waals surface area contributed by atoms with Crippen molar-refractivity contribution in [3.8, 4) is 11.5 Å². The second-order valence-corrected chi connectivity index (χ2v) is 5.54. The van der Waals surface area contributed by atoms with Crippen LogP contribution in [-0.4, -0.2) is 19.1 Å². The summed E-state index contributed by atoms with van der Waals surface area (Å²) >= 11 is 3.45. The van der Waals surface area contributed by atoms with Gasteiger partial charge in [0.15, 0.2) is 11.5 Å². The van der Waals surface area contributed by atoms with Crippen LogP contribution in [0.25, 0.3) is 0 Å². The molecule has 0 spiro atoms. The number of aryl methyl sites for hydroxylation is 1. The van der Waals surface area contributed by atoms with Gasteiger partial charge in [-0.2, -0.15) is 0 Å². The number of fused-ring (bicyclic) bond motifs is 1. The minimum atomic E-state index is -0.165. The van der Waals surface area contributed by atoms with Crippen molar-refractivity contribution < 1.29 is 14.3 Å². The Balaban J connectivity index is 1.83. The van der Waals surface area contributed by atoms with Crippen LogP contribution in [0.1, 0.15) is 15.9 Å². The number of carbonyl (C=O) groups is 1. The zero-order valence-electron chi connectivity index (χ0n) is 11.5. The Hall–Kier alpha value is -2.01. The average molecular weight is 348 g/mol. The molecule has 0 radical (unpaired) electrons. The summed E-state index contributed by atoms with van der Waals surface area (Å²) in [7, 11) is 0. The molecule has 1 amide bonds. The summed E-state index contributed by atoms with van der Waals surface area (Å²) in [5.74, 6) is 1.19. The maximum atomic E-state index is 12.3. The number of ether oxygens (including phenoxy) is 2. The fraction of sp³-hybridized carbons (Fsp3) is 0.188. The molecule has 2 aromatic rings. The summed E-state index contributed by atoms with van der Waals surface area (Å²) in [5, 5.41) is 2.87. The van der Waals surface area contributed by atoms with E-state index in [9.17, 15) is 4.79 Å². The zero-order chi connectivity index (χ0) is 14.8. The standard InChI is InChI=1S/C16H14BrNO3/c1-10-3-2-4-12(15(10)17)16(19)18-11-5-6-13-14(9-11)21-8-7-20-13/h2-6,9H,7-8H2,1H3,(H,18,19). The summed E-state index contributed by atoms with van der Waals surface area (Å²) in [6.07, 6.45) is 0. The summed E-state index contributed by atoms with van der Waals surface area (Å²) in [5.41, 5.74) is 2.30. The van der Waals surface area contributed by atoms with Gasteiger partial charge >= 0.3 is 0 Å². The van der Waals surface area contributed by atoms with E-state index >= 15 is 0 Å². The van der Waals surface area contributed by atoms with Crippen LogP contribution >= 0.6 is 15.9 Å². The molecule has 1 aliphatic heterocycles. The molecule has 0 aliphatic carbocycles. The first-order chi connectivity index (χ1) is 10.1. The topological polar surface area (TPSA) is 47.6 Å². The van der Waals surface area contributed by atoms with E-state index in [1.54, 1.807) is 24.3 Å². The summed E-state index contributed by atoms with van der Waals surface area (Å²) in [6, 6.07) is 11.0. The van der Waals surface area contributed by atoms with Gasteiger partial charge < -0.3 is 14.8 Å². The van der Waals surface area contributed by atoms with Crippen LogP contribution in [0.3, 0.4) is 0 Å². The van der Waals surface area contributed by atoms with Gasteiger partial charge in [-0.25, -0.2) is 0 Å². The third kappa shape index (κ3) is 2.88. The number of amides is 1. The number of halogens is 1.